The van der Waals surface area contributed by atoms with E-state index in [-0.39, 0.29) is 6.10 Å². The fourth-order valence-corrected chi connectivity index (χ4v) is 1.19. The molecule has 13 heavy (non-hydrogen) atoms. The summed E-state index contributed by atoms with van der Waals surface area (Å²) in [7, 11) is 3.65. The third-order valence-corrected chi connectivity index (χ3v) is 2.01. The monoisotopic (exact) mass is 183 g/mol. The highest BCUT2D eigenvalue weighted by Gasteiger charge is 2.04. The fraction of sp³-hybridized carbons (Fsp3) is 0.667. The number of hydrogen-bond acceptors (Lipinski definition) is 3. The maximum absolute atomic E-state index is 5.19. The summed E-state index contributed by atoms with van der Waals surface area (Å²) < 4.78 is 7.29. The van der Waals surface area contributed by atoms with E-state index in [1.54, 1.807) is 7.11 Å². The molecule has 0 aliphatic carbocycles. The second-order valence-electron chi connectivity index (χ2n) is 3.11. The van der Waals surface area contributed by atoms with Gasteiger partial charge in [-0.1, -0.05) is 0 Å². The van der Waals surface area contributed by atoms with Crippen LogP contribution in [-0.2, 0) is 17.8 Å². The van der Waals surface area contributed by atoms with E-state index >= 15 is 0 Å². The number of imidazole rings is 1. The van der Waals surface area contributed by atoms with Gasteiger partial charge in [0.15, 0.2) is 0 Å². The molecule has 0 saturated carbocycles. The van der Waals surface area contributed by atoms with Gasteiger partial charge in [-0.2, -0.15) is 0 Å². The summed E-state index contributed by atoms with van der Waals surface area (Å²) in [5, 5.41) is 3.10. The average molecular weight is 183 g/mol. The Labute approximate surface area is 78.9 Å². The minimum Gasteiger partial charge on any atom is -0.380 e. The molecular formula is C9H17N3O. The second kappa shape index (κ2) is 4.99. The van der Waals surface area contributed by atoms with E-state index in [1.807, 2.05) is 26.5 Å². The minimum atomic E-state index is 0.227. The molecule has 4 nitrogen and oxygen atoms in total. The molecule has 1 aromatic heterocycles. The van der Waals surface area contributed by atoms with Crippen LogP contribution in [0.4, 0.5) is 0 Å². The largest absolute Gasteiger partial charge is 0.380 e. The number of ether oxygens (including phenoxy) is 1. The second-order valence-corrected chi connectivity index (χ2v) is 3.11. The molecule has 0 aliphatic heterocycles. The number of nitrogens with zero attached hydrogens (tertiary/aromatic N) is 2. The first-order valence-electron chi connectivity index (χ1n) is 4.44. The predicted molar refractivity (Wildman–Crippen MR) is 51.5 cm³/mol. The predicted octanol–water partition coefficient (Wildman–Crippen LogP) is 0.637. The highest BCUT2D eigenvalue weighted by atomic mass is 16.5. The maximum Gasteiger partial charge on any atom is 0.0949 e. The van der Waals surface area contributed by atoms with Crippen LogP contribution in [0.2, 0.25) is 0 Å². The third-order valence-electron chi connectivity index (χ3n) is 2.01. The lowest BCUT2D eigenvalue weighted by Crippen LogP contribution is -2.18. The Bertz CT molecular complexity index is 247. The zero-order valence-corrected chi connectivity index (χ0v) is 8.45. The first kappa shape index (κ1) is 10.2. The molecule has 1 heterocycles. The minimum absolute atomic E-state index is 0.227. The lowest BCUT2D eigenvalue weighted by Gasteiger charge is -2.12. The van der Waals surface area contributed by atoms with E-state index in [0.717, 1.165) is 13.1 Å². The van der Waals surface area contributed by atoms with Gasteiger partial charge in [0.05, 0.1) is 18.1 Å². The molecule has 4 heteroatoms. The van der Waals surface area contributed by atoms with E-state index in [1.165, 1.54) is 5.69 Å². The Balaban J connectivity index is 2.59. The van der Waals surface area contributed by atoms with Crippen molar-refractivity contribution in [2.24, 2.45) is 0 Å². The summed E-state index contributed by atoms with van der Waals surface area (Å²) in [4.78, 5) is 4.10. The smallest absolute Gasteiger partial charge is 0.0949 e. The molecule has 0 saturated heterocycles. The van der Waals surface area contributed by atoms with Gasteiger partial charge in [0, 0.05) is 26.4 Å². The molecule has 1 atom stereocenters. The third kappa shape index (κ3) is 2.82. The number of aromatic nitrogens is 2. The van der Waals surface area contributed by atoms with Crippen LogP contribution in [0.25, 0.3) is 0 Å². The van der Waals surface area contributed by atoms with Crippen LogP contribution in [0.15, 0.2) is 12.5 Å². The molecule has 0 bridgehead atoms. The highest BCUT2D eigenvalue weighted by Crippen LogP contribution is 2.01. The Kier molecular flexibility index (Phi) is 3.92. The van der Waals surface area contributed by atoms with Crippen molar-refractivity contribution in [2.75, 3.05) is 14.2 Å². The Morgan fingerprint density at radius 3 is 3.08 bits per heavy atom. The van der Waals surface area contributed by atoms with Gasteiger partial charge in [-0.25, -0.2) is 4.98 Å². The van der Waals surface area contributed by atoms with Crippen LogP contribution in [0.3, 0.4) is 0 Å². The molecule has 1 unspecified atom stereocenters. The van der Waals surface area contributed by atoms with E-state index in [9.17, 15) is 0 Å². The van der Waals surface area contributed by atoms with Crippen LogP contribution in [0, 0.1) is 0 Å². The van der Waals surface area contributed by atoms with Crippen LogP contribution in [0.5, 0.6) is 0 Å². The van der Waals surface area contributed by atoms with Crippen molar-refractivity contribution in [1.82, 2.24) is 14.9 Å². The summed E-state index contributed by atoms with van der Waals surface area (Å²) in [6, 6.07) is 0. The van der Waals surface area contributed by atoms with Crippen molar-refractivity contribution in [3.05, 3.63) is 18.2 Å². The van der Waals surface area contributed by atoms with Gasteiger partial charge in [-0.15, -0.1) is 0 Å². The molecule has 0 aliphatic rings. The van der Waals surface area contributed by atoms with Crippen molar-refractivity contribution >= 4 is 0 Å². The SMILES string of the molecule is CNCc1cncn1CC(C)OC. The highest BCUT2D eigenvalue weighted by molar-refractivity contribution is 4.97. The van der Waals surface area contributed by atoms with Crippen molar-refractivity contribution in [3.63, 3.8) is 0 Å². The van der Waals surface area contributed by atoms with Gasteiger partial charge in [0.2, 0.25) is 0 Å². The lowest BCUT2D eigenvalue weighted by molar-refractivity contribution is 0.102. The standard InChI is InChI=1S/C9H17N3O/c1-8(13-3)6-12-7-11-5-9(12)4-10-2/h5,7-8,10H,4,6H2,1-3H3. The first-order valence-corrected chi connectivity index (χ1v) is 4.44. The van der Waals surface area contributed by atoms with Gasteiger partial charge < -0.3 is 14.6 Å². The Morgan fingerprint density at radius 1 is 1.69 bits per heavy atom. The van der Waals surface area contributed by atoms with E-state index in [4.69, 9.17) is 4.74 Å². The van der Waals surface area contributed by atoms with Crippen LogP contribution in [0.1, 0.15) is 12.6 Å². The van der Waals surface area contributed by atoms with E-state index < -0.39 is 0 Å². The molecule has 0 amide bonds. The molecule has 1 aromatic rings. The first-order chi connectivity index (χ1) is 6.27. The average Bonchev–Trinajstić information content (AvgIpc) is 2.54. The molecule has 0 radical (unpaired) electrons. The summed E-state index contributed by atoms with van der Waals surface area (Å²) >= 11 is 0. The van der Waals surface area contributed by atoms with Crippen molar-refractivity contribution in [3.8, 4) is 0 Å². The summed E-state index contributed by atoms with van der Waals surface area (Å²) in [5.41, 5.74) is 1.19. The molecule has 0 fully saturated rings. The number of hydrogen-bond donors (Lipinski definition) is 1. The molecular weight excluding hydrogens is 166 g/mol. The lowest BCUT2D eigenvalue weighted by atomic mass is 10.3. The quantitative estimate of drug-likeness (QED) is 0.728. The zero-order chi connectivity index (χ0) is 9.68. The number of rotatable bonds is 5. The molecule has 1 N–H and O–H groups in total. The topological polar surface area (TPSA) is 39.1 Å². The number of nitrogens with one attached hydrogen (secondary N) is 1. The van der Waals surface area contributed by atoms with Crippen molar-refractivity contribution in [2.45, 2.75) is 26.1 Å². The summed E-state index contributed by atoms with van der Waals surface area (Å²) in [6.07, 6.45) is 3.94. The Morgan fingerprint density at radius 2 is 2.46 bits per heavy atom. The molecule has 0 spiro atoms. The van der Waals surface area contributed by atoms with Crippen LogP contribution in [-0.4, -0.2) is 29.8 Å². The summed E-state index contributed by atoms with van der Waals surface area (Å²) in [5.74, 6) is 0. The normalized spacial score (nSPS) is 13.2. The van der Waals surface area contributed by atoms with Crippen LogP contribution < -0.4 is 5.32 Å². The van der Waals surface area contributed by atoms with E-state index in [2.05, 4.69) is 14.9 Å². The molecule has 74 valence electrons. The van der Waals surface area contributed by atoms with Gasteiger partial charge in [0.25, 0.3) is 0 Å². The molecule has 1 rings (SSSR count). The van der Waals surface area contributed by atoms with E-state index in [0.29, 0.717) is 0 Å². The fourth-order valence-electron chi connectivity index (χ4n) is 1.19. The maximum atomic E-state index is 5.19. The van der Waals surface area contributed by atoms with Gasteiger partial charge in [-0.05, 0) is 14.0 Å². The van der Waals surface area contributed by atoms with Gasteiger partial charge in [0.1, 0.15) is 0 Å². The zero-order valence-electron chi connectivity index (χ0n) is 8.45. The van der Waals surface area contributed by atoms with Crippen molar-refractivity contribution in [1.29, 1.82) is 0 Å². The summed E-state index contributed by atoms with van der Waals surface area (Å²) in [6.45, 7) is 3.74. The number of methoxy groups -OCH3 is 1. The molecule has 0 aromatic carbocycles. The Hall–Kier alpha value is -0.870. The van der Waals surface area contributed by atoms with Gasteiger partial charge in [-0.3, -0.25) is 0 Å². The van der Waals surface area contributed by atoms with Crippen molar-refractivity contribution < 1.29 is 4.74 Å². The van der Waals surface area contributed by atoms with Crippen LogP contribution >= 0.6 is 0 Å². The van der Waals surface area contributed by atoms with Gasteiger partial charge >= 0.3 is 0 Å².